The zero-order chi connectivity index (χ0) is 7.76. The molecule has 1 aliphatic heterocycles. The molecular formula is C11H8O. The van der Waals surface area contributed by atoms with Crippen molar-refractivity contribution in [3.05, 3.63) is 47.0 Å². The summed E-state index contributed by atoms with van der Waals surface area (Å²) in [4.78, 5) is 0. The maximum absolute atomic E-state index is 5.42. The summed E-state index contributed by atoms with van der Waals surface area (Å²) in [7, 11) is 0. The summed E-state index contributed by atoms with van der Waals surface area (Å²) in [5, 5.41) is 0. The highest BCUT2D eigenvalue weighted by Crippen LogP contribution is 2.61. The van der Waals surface area contributed by atoms with Crippen molar-refractivity contribution in [3.63, 3.8) is 0 Å². The second kappa shape index (κ2) is 1.33. The Kier molecular flexibility index (Phi) is 0.598. The molecule has 0 amide bonds. The molecule has 0 saturated carbocycles. The van der Waals surface area contributed by atoms with Crippen LogP contribution in [0.15, 0.2) is 47.0 Å². The van der Waals surface area contributed by atoms with Crippen LogP contribution in [-0.2, 0) is 4.74 Å². The molecule has 3 aliphatic carbocycles. The Bertz CT molecular complexity index is 416. The van der Waals surface area contributed by atoms with Crippen LogP contribution in [-0.4, -0.2) is 0 Å². The van der Waals surface area contributed by atoms with Crippen molar-refractivity contribution in [2.24, 2.45) is 5.41 Å². The molecule has 0 saturated heterocycles. The zero-order valence-corrected chi connectivity index (χ0v) is 6.63. The van der Waals surface area contributed by atoms with E-state index in [4.69, 9.17) is 4.74 Å². The molecule has 12 heavy (non-hydrogen) atoms. The molecule has 4 rings (SSSR count). The highest BCUT2D eigenvalue weighted by Gasteiger charge is 2.50. The van der Waals surface area contributed by atoms with E-state index in [-0.39, 0.29) is 0 Å². The van der Waals surface area contributed by atoms with Crippen LogP contribution >= 0.6 is 0 Å². The van der Waals surface area contributed by atoms with Gasteiger partial charge in [-0.3, -0.25) is 0 Å². The molecule has 0 aromatic heterocycles. The van der Waals surface area contributed by atoms with E-state index in [1.807, 2.05) is 0 Å². The first kappa shape index (κ1) is 5.41. The van der Waals surface area contributed by atoms with Gasteiger partial charge in [-0.1, -0.05) is 24.3 Å². The van der Waals surface area contributed by atoms with E-state index in [2.05, 4.69) is 24.3 Å². The summed E-state index contributed by atoms with van der Waals surface area (Å²) >= 11 is 0. The normalized spacial score (nSPS) is 38.7. The molecule has 0 N–H and O–H groups in total. The van der Waals surface area contributed by atoms with Crippen molar-refractivity contribution >= 4 is 0 Å². The van der Waals surface area contributed by atoms with Crippen LogP contribution in [0.1, 0.15) is 12.8 Å². The molecule has 0 radical (unpaired) electrons. The lowest BCUT2D eigenvalue weighted by molar-refractivity contribution is 0.423. The number of hydrogen-bond donors (Lipinski definition) is 0. The van der Waals surface area contributed by atoms with Gasteiger partial charge in [-0.2, -0.15) is 0 Å². The summed E-state index contributed by atoms with van der Waals surface area (Å²) in [5.74, 6) is 2.44. The van der Waals surface area contributed by atoms with Crippen LogP contribution in [0.2, 0.25) is 0 Å². The van der Waals surface area contributed by atoms with E-state index in [0.29, 0.717) is 5.41 Å². The minimum Gasteiger partial charge on any atom is -0.454 e. The average molecular weight is 156 g/mol. The van der Waals surface area contributed by atoms with Gasteiger partial charge in [0.25, 0.3) is 0 Å². The lowest BCUT2D eigenvalue weighted by Gasteiger charge is -2.23. The summed E-state index contributed by atoms with van der Waals surface area (Å²) < 4.78 is 5.42. The Morgan fingerprint density at radius 3 is 3.33 bits per heavy atom. The molecule has 0 aromatic rings. The molecule has 1 unspecified atom stereocenters. The first-order valence-electron chi connectivity index (χ1n) is 4.39. The van der Waals surface area contributed by atoms with Gasteiger partial charge < -0.3 is 4.74 Å². The Hall–Kier alpha value is -1.24. The van der Waals surface area contributed by atoms with Crippen LogP contribution in [0.3, 0.4) is 0 Å². The molecule has 4 aliphatic rings. The highest BCUT2D eigenvalue weighted by molar-refractivity contribution is 5.60. The second-order valence-electron chi connectivity index (χ2n) is 4.01. The minimum atomic E-state index is 0.324. The monoisotopic (exact) mass is 156 g/mol. The fraction of sp³-hybridized carbons (Fsp3) is 0.273. The lowest BCUT2D eigenvalue weighted by atomic mass is 9.78. The van der Waals surface area contributed by atoms with Crippen molar-refractivity contribution in [1.82, 2.24) is 0 Å². The molecule has 1 atom stereocenters. The van der Waals surface area contributed by atoms with Crippen molar-refractivity contribution in [2.75, 3.05) is 0 Å². The second-order valence-corrected chi connectivity index (χ2v) is 4.01. The number of rotatable bonds is 0. The molecular weight excluding hydrogens is 148 g/mol. The van der Waals surface area contributed by atoms with Gasteiger partial charge in [0.05, 0.1) is 0 Å². The summed E-state index contributed by atoms with van der Waals surface area (Å²) in [6.07, 6.45) is 11.3. The van der Waals surface area contributed by atoms with Crippen LogP contribution in [0, 0.1) is 5.41 Å². The number of allylic oxidation sites excluding steroid dienone is 7. The quantitative estimate of drug-likeness (QED) is 0.524. The molecule has 0 aromatic carbocycles. The molecule has 0 fully saturated rings. The smallest absolute Gasteiger partial charge is 0.168 e. The summed E-state index contributed by atoms with van der Waals surface area (Å²) in [5.41, 5.74) is 3.24. The fourth-order valence-corrected chi connectivity index (χ4v) is 2.64. The van der Waals surface area contributed by atoms with Crippen LogP contribution < -0.4 is 0 Å². The third-order valence-corrected chi connectivity index (χ3v) is 3.31. The standard InChI is InChI=1S/C11H8O/c1-2-8-4-7-5-11(8,3-1)6-9-10(7)12-9/h1-4H,5-6H2. The van der Waals surface area contributed by atoms with E-state index in [9.17, 15) is 0 Å². The molecule has 1 heterocycles. The predicted octanol–water partition coefficient (Wildman–Crippen LogP) is 2.44. The Morgan fingerprint density at radius 1 is 1.33 bits per heavy atom. The molecule has 1 nitrogen and oxygen atoms in total. The van der Waals surface area contributed by atoms with Gasteiger partial charge in [0.2, 0.25) is 0 Å². The Labute approximate surface area is 70.7 Å². The van der Waals surface area contributed by atoms with E-state index in [1.165, 1.54) is 29.1 Å². The van der Waals surface area contributed by atoms with Gasteiger partial charge in [0, 0.05) is 11.8 Å². The van der Waals surface area contributed by atoms with E-state index >= 15 is 0 Å². The van der Waals surface area contributed by atoms with Gasteiger partial charge >= 0.3 is 0 Å². The van der Waals surface area contributed by atoms with E-state index in [1.54, 1.807) is 0 Å². The fourth-order valence-electron chi connectivity index (χ4n) is 2.64. The van der Waals surface area contributed by atoms with Gasteiger partial charge in [-0.05, 0) is 17.6 Å². The largest absolute Gasteiger partial charge is 0.454 e. The van der Waals surface area contributed by atoms with Gasteiger partial charge in [-0.25, -0.2) is 0 Å². The molecule has 58 valence electrons. The highest BCUT2D eigenvalue weighted by atomic mass is 16.6. The van der Waals surface area contributed by atoms with Crippen molar-refractivity contribution in [2.45, 2.75) is 12.8 Å². The zero-order valence-electron chi connectivity index (χ0n) is 6.63. The third-order valence-electron chi connectivity index (χ3n) is 3.31. The molecule has 2 bridgehead atoms. The van der Waals surface area contributed by atoms with Crippen LogP contribution in [0.25, 0.3) is 0 Å². The number of hydrogen-bond acceptors (Lipinski definition) is 1. The lowest BCUT2D eigenvalue weighted by Crippen LogP contribution is -2.15. The summed E-state index contributed by atoms with van der Waals surface area (Å²) in [6, 6.07) is 0. The van der Waals surface area contributed by atoms with Crippen LogP contribution in [0.5, 0.6) is 0 Å². The Morgan fingerprint density at radius 2 is 2.33 bits per heavy atom. The maximum Gasteiger partial charge on any atom is 0.168 e. The number of fused-ring (bicyclic) bond motifs is 2. The van der Waals surface area contributed by atoms with Gasteiger partial charge in [0.1, 0.15) is 5.76 Å². The van der Waals surface area contributed by atoms with Crippen molar-refractivity contribution in [1.29, 1.82) is 0 Å². The predicted molar refractivity (Wildman–Crippen MR) is 45.1 cm³/mol. The van der Waals surface area contributed by atoms with Gasteiger partial charge in [-0.15, -0.1) is 0 Å². The van der Waals surface area contributed by atoms with E-state index in [0.717, 1.165) is 6.42 Å². The molecule has 1 heteroatoms. The Balaban J connectivity index is 2.02. The van der Waals surface area contributed by atoms with Crippen molar-refractivity contribution in [3.8, 4) is 0 Å². The minimum absolute atomic E-state index is 0.324. The molecule has 1 spiro atoms. The van der Waals surface area contributed by atoms with Gasteiger partial charge in [0.15, 0.2) is 5.76 Å². The van der Waals surface area contributed by atoms with Crippen molar-refractivity contribution < 1.29 is 4.74 Å². The summed E-state index contributed by atoms with van der Waals surface area (Å²) in [6.45, 7) is 0. The average Bonchev–Trinajstić information content (AvgIpc) is 2.60. The SMILES string of the molecule is C1=CC23CC(=CC2=C1)C1=C(C3)O1. The topological polar surface area (TPSA) is 12.5 Å². The van der Waals surface area contributed by atoms with Crippen LogP contribution in [0.4, 0.5) is 0 Å². The first-order chi connectivity index (χ1) is 5.87. The van der Waals surface area contributed by atoms with E-state index < -0.39 is 0 Å². The number of ether oxygens (including phenoxy) is 1. The first-order valence-corrected chi connectivity index (χ1v) is 4.39. The maximum atomic E-state index is 5.42. The third kappa shape index (κ3) is 0.413.